The molecule has 6 heteroatoms. The number of amides is 3. The third-order valence-corrected chi connectivity index (χ3v) is 4.67. The summed E-state index contributed by atoms with van der Waals surface area (Å²) in [6.45, 7) is 2.71. The van der Waals surface area contributed by atoms with E-state index in [-0.39, 0.29) is 11.9 Å². The molecule has 2 N–H and O–H groups in total. The van der Waals surface area contributed by atoms with Crippen LogP contribution in [0.25, 0.3) is 0 Å². The molecule has 0 saturated heterocycles. The van der Waals surface area contributed by atoms with Crippen LogP contribution in [-0.4, -0.2) is 34.4 Å². The second-order valence-electron chi connectivity index (χ2n) is 6.46. The Labute approximate surface area is 136 Å². The fraction of sp³-hybridized carbons (Fsp3) is 0.588. The standard InChI is InChI=1S/C17H24N4O2/c1-12(22)19-16-10-18-9-13-11-21(8-7-15(13)16)17(23)20-14-5-3-2-4-6-14/h9-10,14H,2-8,11H2,1H3,(H,19,22)(H,20,23). The van der Waals surface area contributed by atoms with Crippen molar-refractivity contribution >= 4 is 17.6 Å². The molecule has 0 radical (unpaired) electrons. The number of hydrogen-bond acceptors (Lipinski definition) is 3. The Balaban J connectivity index is 1.65. The second-order valence-corrected chi connectivity index (χ2v) is 6.46. The van der Waals surface area contributed by atoms with Crippen LogP contribution in [0, 0.1) is 0 Å². The van der Waals surface area contributed by atoms with Gasteiger partial charge in [-0.3, -0.25) is 9.78 Å². The summed E-state index contributed by atoms with van der Waals surface area (Å²) in [4.78, 5) is 29.8. The van der Waals surface area contributed by atoms with Gasteiger partial charge in [0.2, 0.25) is 5.91 Å². The lowest BCUT2D eigenvalue weighted by Gasteiger charge is -2.32. The van der Waals surface area contributed by atoms with Gasteiger partial charge >= 0.3 is 6.03 Å². The van der Waals surface area contributed by atoms with Gasteiger partial charge in [0.05, 0.1) is 11.9 Å². The van der Waals surface area contributed by atoms with Gasteiger partial charge in [-0.25, -0.2) is 4.79 Å². The van der Waals surface area contributed by atoms with Crippen molar-refractivity contribution in [2.24, 2.45) is 0 Å². The molecular weight excluding hydrogens is 292 g/mol. The van der Waals surface area contributed by atoms with Crippen LogP contribution in [0.3, 0.4) is 0 Å². The first kappa shape index (κ1) is 15.8. The average molecular weight is 316 g/mol. The van der Waals surface area contributed by atoms with Gasteiger partial charge in [0.1, 0.15) is 0 Å². The van der Waals surface area contributed by atoms with Crippen LogP contribution in [0.5, 0.6) is 0 Å². The summed E-state index contributed by atoms with van der Waals surface area (Å²) in [6, 6.07) is 0.342. The normalized spacial score (nSPS) is 18.2. The Bertz CT molecular complexity index is 596. The molecule has 1 aliphatic carbocycles. The number of rotatable bonds is 2. The summed E-state index contributed by atoms with van der Waals surface area (Å²) in [5, 5.41) is 5.99. The lowest BCUT2D eigenvalue weighted by atomic mass is 9.95. The van der Waals surface area contributed by atoms with Crippen LogP contribution in [0.2, 0.25) is 0 Å². The summed E-state index contributed by atoms with van der Waals surface area (Å²) in [7, 11) is 0. The summed E-state index contributed by atoms with van der Waals surface area (Å²) in [5.74, 6) is -0.0994. The molecule has 0 atom stereocenters. The monoisotopic (exact) mass is 316 g/mol. The van der Waals surface area contributed by atoms with Crippen LogP contribution in [0.15, 0.2) is 12.4 Å². The van der Waals surface area contributed by atoms with Crippen molar-refractivity contribution in [3.8, 4) is 0 Å². The molecular formula is C17H24N4O2. The molecule has 0 aromatic carbocycles. The highest BCUT2D eigenvalue weighted by Crippen LogP contribution is 2.25. The molecule has 3 amide bonds. The summed E-state index contributed by atoms with van der Waals surface area (Å²) < 4.78 is 0. The van der Waals surface area contributed by atoms with Gasteiger partial charge in [-0.1, -0.05) is 19.3 Å². The van der Waals surface area contributed by atoms with E-state index in [1.54, 1.807) is 12.4 Å². The smallest absolute Gasteiger partial charge is 0.317 e. The summed E-state index contributed by atoms with van der Waals surface area (Å²) in [5.41, 5.74) is 2.88. The van der Waals surface area contributed by atoms with E-state index >= 15 is 0 Å². The highest BCUT2D eigenvalue weighted by atomic mass is 16.2. The van der Waals surface area contributed by atoms with E-state index in [1.165, 1.54) is 26.2 Å². The fourth-order valence-corrected chi connectivity index (χ4v) is 3.48. The minimum atomic E-state index is -0.0994. The SMILES string of the molecule is CC(=O)Nc1cncc2c1CCN(C(=O)NC1CCCCC1)C2. The van der Waals surface area contributed by atoms with Crippen molar-refractivity contribution in [1.82, 2.24) is 15.2 Å². The Morgan fingerprint density at radius 2 is 2.00 bits per heavy atom. The van der Waals surface area contributed by atoms with E-state index in [1.807, 2.05) is 4.90 Å². The minimum Gasteiger partial charge on any atom is -0.335 e. The zero-order chi connectivity index (χ0) is 16.2. The van der Waals surface area contributed by atoms with Gasteiger partial charge in [-0.05, 0) is 30.4 Å². The molecule has 23 heavy (non-hydrogen) atoms. The van der Waals surface area contributed by atoms with E-state index in [2.05, 4.69) is 15.6 Å². The van der Waals surface area contributed by atoms with Crippen LogP contribution in [-0.2, 0) is 17.8 Å². The maximum Gasteiger partial charge on any atom is 0.317 e. The zero-order valence-corrected chi connectivity index (χ0v) is 13.6. The Morgan fingerprint density at radius 3 is 2.74 bits per heavy atom. The third-order valence-electron chi connectivity index (χ3n) is 4.67. The molecule has 6 nitrogen and oxygen atoms in total. The van der Waals surface area contributed by atoms with E-state index in [4.69, 9.17) is 0 Å². The molecule has 1 aromatic heterocycles. The van der Waals surface area contributed by atoms with E-state index in [0.717, 1.165) is 36.1 Å². The lowest BCUT2D eigenvalue weighted by Crippen LogP contribution is -2.47. The van der Waals surface area contributed by atoms with E-state index < -0.39 is 0 Å². The summed E-state index contributed by atoms with van der Waals surface area (Å²) >= 11 is 0. The summed E-state index contributed by atoms with van der Waals surface area (Å²) in [6.07, 6.45) is 10.1. The number of nitrogens with zero attached hydrogens (tertiary/aromatic N) is 2. The molecule has 124 valence electrons. The molecule has 0 bridgehead atoms. The van der Waals surface area contributed by atoms with Gasteiger partial charge in [-0.15, -0.1) is 0 Å². The quantitative estimate of drug-likeness (QED) is 0.880. The molecule has 2 aliphatic rings. The van der Waals surface area contributed by atoms with Gasteiger partial charge in [0.25, 0.3) is 0 Å². The molecule has 3 rings (SSSR count). The maximum atomic E-state index is 12.5. The Hall–Kier alpha value is -2.11. The number of nitrogens with one attached hydrogen (secondary N) is 2. The van der Waals surface area contributed by atoms with Crippen molar-refractivity contribution in [2.45, 2.75) is 58.0 Å². The minimum absolute atomic E-state index is 0.0208. The molecule has 1 saturated carbocycles. The topological polar surface area (TPSA) is 74.3 Å². The van der Waals surface area contributed by atoms with Gasteiger partial charge in [0, 0.05) is 32.3 Å². The molecule has 0 spiro atoms. The first-order valence-electron chi connectivity index (χ1n) is 8.42. The number of urea groups is 1. The Kier molecular flexibility index (Phi) is 4.79. The Morgan fingerprint density at radius 1 is 1.22 bits per heavy atom. The van der Waals surface area contributed by atoms with Crippen molar-refractivity contribution in [1.29, 1.82) is 0 Å². The first-order valence-corrected chi connectivity index (χ1v) is 8.42. The molecule has 0 unspecified atom stereocenters. The average Bonchev–Trinajstić information content (AvgIpc) is 2.55. The predicted molar refractivity (Wildman–Crippen MR) is 88.1 cm³/mol. The maximum absolute atomic E-state index is 12.5. The number of hydrogen-bond donors (Lipinski definition) is 2. The van der Waals surface area contributed by atoms with Crippen LogP contribution >= 0.6 is 0 Å². The largest absolute Gasteiger partial charge is 0.335 e. The number of aromatic nitrogens is 1. The zero-order valence-electron chi connectivity index (χ0n) is 13.6. The number of carbonyl (C=O) groups excluding carboxylic acids is 2. The number of carbonyl (C=O) groups is 2. The highest BCUT2D eigenvalue weighted by molar-refractivity contribution is 5.89. The first-order chi connectivity index (χ1) is 11.1. The third kappa shape index (κ3) is 3.81. The highest BCUT2D eigenvalue weighted by Gasteiger charge is 2.25. The van der Waals surface area contributed by atoms with Gasteiger partial charge in [-0.2, -0.15) is 0 Å². The molecule has 1 aromatic rings. The number of anilines is 1. The van der Waals surface area contributed by atoms with Gasteiger partial charge < -0.3 is 15.5 Å². The second kappa shape index (κ2) is 6.98. The van der Waals surface area contributed by atoms with Crippen LogP contribution in [0.4, 0.5) is 10.5 Å². The van der Waals surface area contributed by atoms with Crippen molar-refractivity contribution in [3.05, 3.63) is 23.5 Å². The van der Waals surface area contributed by atoms with Crippen molar-refractivity contribution < 1.29 is 9.59 Å². The van der Waals surface area contributed by atoms with E-state index in [0.29, 0.717) is 19.1 Å². The fourth-order valence-electron chi connectivity index (χ4n) is 3.48. The van der Waals surface area contributed by atoms with Gasteiger partial charge in [0.15, 0.2) is 0 Å². The van der Waals surface area contributed by atoms with Crippen LogP contribution in [0.1, 0.15) is 50.2 Å². The predicted octanol–water partition coefficient (Wildman–Crippen LogP) is 2.44. The van der Waals surface area contributed by atoms with Crippen molar-refractivity contribution in [3.63, 3.8) is 0 Å². The van der Waals surface area contributed by atoms with Crippen molar-refractivity contribution in [2.75, 3.05) is 11.9 Å². The molecule has 1 fully saturated rings. The van der Waals surface area contributed by atoms with E-state index in [9.17, 15) is 9.59 Å². The lowest BCUT2D eigenvalue weighted by molar-refractivity contribution is -0.114. The number of fused-ring (bicyclic) bond motifs is 1. The van der Waals surface area contributed by atoms with Crippen LogP contribution < -0.4 is 10.6 Å². The molecule has 1 aliphatic heterocycles. The molecule has 2 heterocycles. The number of pyridine rings is 1.